The summed E-state index contributed by atoms with van der Waals surface area (Å²) in [6.07, 6.45) is -1.12. The normalized spacial score (nSPS) is 11.6. The van der Waals surface area contributed by atoms with Gasteiger partial charge in [-0.3, -0.25) is 9.59 Å². The van der Waals surface area contributed by atoms with Gasteiger partial charge in [-0.15, -0.1) is 11.3 Å². The zero-order valence-corrected chi connectivity index (χ0v) is 17.2. The van der Waals surface area contributed by atoms with Crippen molar-refractivity contribution >= 4 is 34.7 Å². The number of carbonyl (C=O) groups is 3. The lowest BCUT2D eigenvalue weighted by Crippen LogP contribution is -2.26. The summed E-state index contributed by atoms with van der Waals surface area (Å²) >= 11 is 1.50. The molecule has 0 saturated carbocycles. The largest absolute Gasteiger partial charge is 0.444 e. The molecule has 5 nitrogen and oxygen atoms in total. The maximum Gasteiger partial charge on any atom is 0.340 e. The fourth-order valence-electron chi connectivity index (χ4n) is 2.93. The zero-order valence-electron chi connectivity index (χ0n) is 16.4. The molecule has 0 fully saturated rings. The molecule has 1 atom stereocenters. The highest BCUT2D eigenvalue weighted by Crippen LogP contribution is 2.26. The van der Waals surface area contributed by atoms with Gasteiger partial charge < -0.3 is 10.1 Å². The predicted octanol–water partition coefficient (Wildman–Crippen LogP) is 5.10. The summed E-state index contributed by atoms with van der Waals surface area (Å²) in [5.74, 6) is -1.14. The number of anilines is 1. The van der Waals surface area contributed by atoms with E-state index in [9.17, 15) is 14.4 Å². The summed E-state index contributed by atoms with van der Waals surface area (Å²) in [4.78, 5) is 39.1. The Morgan fingerprint density at radius 2 is 1.69 bits per heavy atom. The van der Waals surface area contributed by atoms with Crippen LogP contribution in [0.2, 0.25) is 0 Å². The number of aryl methyl sites for hydroxylation is 2. The lowest BCUT2D eigenvalue weighted by Gasteiger charge is -2.18. The molecule has 3 aromatic rings. The molecule has 0 bridgehead atoms. The van der Waals surface area contributed by atoms with E-state index in [1.165, 1.54) is 18.3 Å². The second-order valence-corrected chi connectivity index (χ2v) is 8.11. The molecule has 1 amide bonds. The van der Waals surface area contributed by atoms with Crippen molar-refractivity contribution in [1.82, 2.24) is 0 Å². The first-order valence-corrected chi connectivity index (χ1v) is 9.91. The number of amides is 1. The van der Waals surface area contributed by atoms with Gasteiger partial charge in [-0.2, -0.15) is 0 Å². The van der Waals surface area contributed by atoms with E-state index in [2.05, 4.69) is 5.32 Å². The average molecular weight is 407 g/mol. The van der Waals surface area contributed by atoms with Gasteiger partial charge in [0.05, 0.1) is 5.56 Å². The Labute approximate surface area is 173 Å². The van der Waals surface area contributed by atoms with Gasteiger partial charge in [-0.25, -0.2) is 4.79 Å². The van der Waals surface area contributed by atoms with Crippen LogP contribution in [0.25, 0.3) is 0 Å². The standard InChI is InChI=1S/C23H21NO4S/c1-14-12-20(16(3)29-14)23(27)28-21(17-8-5-4-6-9-17)22(26)24-19-11-7-10-18(13-19)15(2)25/h4-13,21H,1-3H3,(H,24,26)/t21-/m1/s1. The summed E-state index contributed by atoms with van der Waals surface area (Å²) in [7, 11) is 0. The molecule has 0 aliphatic carbocycles. The number of benzene rings is 2. The van der Waals surface area contributed by atoms with Gasteiger partial charge in [0.15, 0.2) is 5.78 Å². The van der Waals surface area contributed by atoms with Crippen molar-refractivity contribution in [1.29, 1.82) is 0 Å². The number of ketones is 1. The number of ether oxygens (including phenoxy) is 1. The third-order valence-corrected chi connectivity index (χ3v) is 5.33. The molecule has 0 unspecified atom stereocenters. The van der Waals surface area contributed by atoms with Crippen LogP contribution in [0, 0.1) is 13.8 Å². The fourth-order valence-corrected chi connectivity index (χ4v) is 3.84. The van der Waals surface area contributed by atoms with E-state index in [-0.39, 0.29) is 5.78 Å². The van der Waals surface area contributed by atoms with Crippen LogP contribution in [0.3, 0.4) is 0 Å². The van der Waals surface area contributed by atoms with E-state index in [0.29, 0.717) is 22.4 Å². The SMILES string of the molecule is CC(=O)c1cccc(NC(=O)[C@H](OC(=O)c2cc(C)sc2C)c2ccccc2)c1. The summed E-state index contributed by atoms with van der Waals surface area (Å²) in [5, 5.41) is 2.75. The highest BCUT2D eigenvalue weighted by molar-refractivity contribution is 7.12. The minimum absolute atomic E-state index is 0.101. The number of rotatable bonds is 6. The molecular weight excluding hydrogens is 386 g/mol. The van der Waals surface area contributed by atoms with Crippen molar-refractivity contribution in [3.8, 4) is 0 Å². The Morgan fingerprint density at radius 3 is 2.31 bits per heavy atom. The maximum atomic E-state index is 13.0. The zero-order chi connectivity index (χ0) is 21.0. The number of Topliss-reactive ketones (excluding diaryl/α,β-unsaturated/α-hetero) is 1. The minimum atomic E-state index is -1.12. The molecule has 3 rings (SSSR count). The smallest absolute Gasteiger partial charge is 0.340 e. The fraction of sp³-hybridized carbons (Fsp3) is 0.174. The lowest BCUT2D eigenvalue weighted by atomic mass is 10.1. The highest BCUT2D eigenvalue weighted by Gasteiger charge is 2.27. The third-order valence-electron chi connectivity index (χ3n) is 4.36. The van der Waals surface area contributed by atoms with Gasteiger partial charge >= 0.3 is 5.97 Å². The van der Waals surface area contributed by atoms with Crippen LogP contribution in [0.4, 0.5) is 5.69 Å². The average Bonchev–Trinajstić information content (AvgIpc) is 3.05. The molecule has 29 heavy (non-hydrogen) atoms. The number of thiophene rings is 1. The van der Waals surface area contributed by atoms with Crippen LogP contribution in [0.5, 0.6) is 0 Å². The highest BCUT2D eigenvalue weighted by atomic mass is 32.1. The Hall–Kier alpha value is -3.25. The number of hydrogen-bond acceptors (Lipinski definition) is 5. The van der Waals surface area contributed by atoms with Gasteiger partial charge in [-0.1, -0.05) is 42.5 Å². The Balaban J connectivity index is 1.86. The molecular formula is C23H21NO4S. The van der Waals surface area contributed by atoms with Crippen LogP contribution in [-0.2, 0) is 9.53 Å². The van der Waals surface area contributed by atoms with Crippen molar-refractivity contribution in [2.24, 2.45) is 0 Å². The van der Waals surface area contributed by atoms with Crippen molar-refractivity contribution in [2.45, 2.75) is 26.9 Å². The van der Waals surface area contributed by atoms with Crippen molar-refractivity contribution in [3.63, 3.8) is 0 Å². The molecule has 1 N–H and O–H groups in total. The number of nitrogens with one attached hydrogen (secondary N) is 1. The van der Waals surface area contributed by atoms with E-state index in [4.69, 9.17) is 4.74 Å². The summed E-state index contributed by atoms with van der Waals surface area (Å²) in [5.41, 5.74) is 1.97. The minimum Gasteiger partial charge on any atom is -0.444 e. The van der Waals surface area contributed by atoms with Crippen LogP contribution >= 0.6 is 11.3 Å². The molecule has 148 valence electrons. The third kappa shape index (κ3) is 4.97. The molecule has 0 aliphatic heterocycles. The van der Waals surface area contributed by atoms with Gasteiger partial charge in [0.2, 0.25) is 6.10 Å². The lowest BCUT2D eigenvalue weighted by molar-refractivity contribution is -0.125. The number of carbonyl (C=O) groups excluding carboxylic acids is 3. The molecule has 1 aromatic heterocycles. The first-order valence-electron chi connectivity index (χ1n) is 9.10. The Bertz CT molecular complexity index is 1060. The van der Waals surface area contributed by atoms with Gasteiger partial charge in [0, 0.05) is 26.6 Å². The molecule has 0 spiro atoms. The number of esters is 1. The van der Waals surface area contributed by atoms with E-state index >= 15 is 0 Å². The maximum absolute atomic E-state index is 13.0. The first-order chi connectivity index (χ1) is 13.8. The topological polar surface area (TPSA) is 72.5 Å². The molecule has 1 heterocycles. The first kappa shape index (κ1) is 20.5. The van der Waals surface area contributed by atoms with Crippen LogP contribution in [0.1, 0.15) is 49.1 Å². The molecule has 0 aliphatic rings. The second kappa shape index (κ2) is 8.84. The van der Waals surface area contributed by atoms with Crippen LogP contribution in [0.15, 0.2) is 60.7 Å². The predicted molar refractivity (Wildman–Crippen MR) is 113 cm³/mol. The van der Waals surface area contributed by atoms with Crippen LogP contribution in [-0.4, -0.2) is 17.7 Å². The molecule has 0 radical (unpaired) electrons. The van der Waals surface area contributed by atoms with E-state index in [1.807, 2.05) is 19.9 Å². The Kier molecular flexibility index (Phi) is 6.24. The quantitative estimate of drug-likeness (QED) is 0.456. The van der Waals surface area contributed by atoms with Crippen molar-refractivity contribution in [3.05, 3.63) is 87.1 Å². The summed E-state index contributed by atoms with van der Waals surface area (Å²) in [6, 6.07) is 17.2. The van der Waals surface area contributed by atoms with Crippen molar-refractivity contribution in [2.75, 3.05) is 5.32 Å². The van der Waals surface area contributed by atoms with Gasteiger partial charge in [0.1, 0.15) is 0 Å². The van der Waals surface area contributed by atoms with E-state index < -0.39 is 18.0 Å². The summed E-state index contributed by atoms with van der Waals surface area (Å²) in [6.45, 7) is 5.22. The summed E-state index contributed by atoms with van der Waals surface area (Å²) < 4.78 is 5.62. The second-order valence-electron chi connectivity index (χ2n) is 6.65. The van der Waals surface area contributed by atoms with E-state index in [0.717, 1.165) is 9.75 Å². The van der Waals surface area contributed by atoms with Gasteiger partial charge in [-0.05, 0) is 39.0 Å². The van der Waals surface area contributed by atoms with E-state index in [1.54, 1.807) is 54.6 Å². The molecule has 0 saturated heterocycles. The Morgan fingerprint density at radius 1 is 0.966 bits per heavy atom. The van der Waals surface area contributed by atoms with Crippen molar-refractivity contribution < 1.29 is 19.1 Å². The monoisotopic (exact) mass is 407 g/mol. The molecule has 2 aromatic carbocycles. The molecule has 6 heteroatoms. The van der Waals surface area contributed by atoms with Crippen LogP contribution < -0.4 is 5.32 Å². The van der Waals surface area contributed by atoms with Gasteiger partial charge in [0.25, 0.3) is 5.91 Å². The number of hydrogen-bond donors (Lipinski definition) is 1.